The molecule has 0 atom stereocenters. The van der Waals surface area contributed by atoms with Crippen molar-refractivity contribution in [2.75, 3.05) is 6.67 Å². The number of hydrogen-bond donors (Lipinski definition) is 1. The molecule has 0 bridgehead atoms. The average Bonchev–Trinajstić information content (AvgIpc) is 2.92. The number of halogens is 1. The first-order valence-corrected chi connectivity index (χ1v) is 6.54. The second kappa shape index (κ2) is 5.33. The average molecular weight is 272 g/mol. The standard InChI is InChI=1S/C15H14ClN3/c16-14-3-1-2-13(8-14)15-5-4-12(9-18-15)10-19-7-6-17-11-19/h1-9,17H,10-11H2. The molecule has 1 aromatic carbocycles. The minimum atomic E-state index is 0.733. The van der Waals surface area contributed by atoms with Gasteiger partial charge in [0.15, 0.2) is 0 Å². The van der Waals surface area contributed by atoms with Crippen LogP contribution in [0.2, 0.25) is 5.02 Å². The molecule has 2 aromatic rings. The summed E-state index contributed by atoms with van der Waals surface area (Å²) in [4.78, 5) is 6.69. The second-order valence-corrected chi connectivity index (χ2v) is 4.92. The molecule has 3 rings (SSSR count). The Morgan fingerprint density at radius 1 is 1.26 bits per heavy atom. The van der Waals surface area contributed by atoms with Crippen LogP contribution >= 0.6 is 11.6 Å². The normalized spacial score (nSPS) is 13.6. The molecule has 1 aliphatic heterocycles. The molecule has 3 nitrogen and oxygen atoms in total. The maximum Gasteiger partial charge on any atom is 0.0870 e. The highest BCUT2D eigenvalue weighted by Gasteiger charge is 2.05. The van der Waals surface area contributed by atoms with E-state index >= 15 is 0 Å². The fraction of sp³-hybridized carbons (Fsp3) is 0.133. The Balaban J connectivity index is 1.76. The first-order valence-electron chi connectivity index (χ1n) is 6.16. The summed E-state index contributed by atoms with van der Waals surface area (Å²) in [5.41, 5.74) is 3.18. The zero-order valence-electron chi connectivity index (χ0n) is 10.4. The van der Waals surface area contributed by atoms with Gasteiger partial charge in [0, 0.05) is 35.7 Å². The molecule has 0 saturated carbocycles. The summed E-state index contributed by atoms with van der Waals surface area (Å²) in [7, 11) is 0. The molecule has 0 spiro atoms. The van der Waals surface area contributed by atoms with Crippen LogP contribution in [0.15, 0.2) is 55.0 Å². The molecule has 0 unspecified atom stereocenters. The molecule has 0 fully saturated rings. The molecule has 0 saturated heterocycles. The molecular weight excluding hydrogens is 258 g/mol. The molecule has 4 heteroatoms. The number of hydrogen-bond acceptors (Lipinski definition) is 3. The lowest BCUT2D eigenvalue weighted by molar-refractivity contribution is 0.384. The third kappa shape index (κ3) is 2.88. The lowest BCUT2D eigenvalue weighted by Gasteiger charge is -2.14. The monoisotopic (exact) mass is 271 g/mol. The number of nitrogens with one attached hydrogen (secondary N) is 1. The van der Waals surface area contributed by atoms with E-state index in [1.807, 2.05) is 48.9 Å². The van der Waals surface area contributed by atoms with E-state index in [0.29, 0.717) is 0 Å². The molecule has 2 heterocycles. The Bertz CT molecular complexity index is 593. The highest BCUT2D eigenvalue weighted by molar-refractivity contribution is 6.30. The summed E-state index contributed by atoms with van der Waals surface area (Å²) in [5.74, 6) is 0. The summed E-state index contributed by atoms with van der Waals surface area (Å²) >= 11 is 5.99. The van der Waals surface area contributed by atoms with E-state index in [2.05, 4.69) is 21.3 Å². The van der Waals surface area contributed by atoms with E-state index in [0.717, 1.165) is 29.5 Å². The van der Waals surface area contributed by atoms with Crippen LogP contribution in [-0.2, 0) is 6.54 Å². The molecule has 1 N–H and O–H groups in total. The van der Waals surface area contributed by atoms with E-state index in [4.69, 9.17) is 11.6 Å². The largest absolute Gasteiger partial charge is 0.373 e. The number of rotatable bonds is 3. The maximum atomic E-state index is 5.99. The summed E-state index contributed by atoms with van der Waals surface area (Å²) in [6, 6.07) is 11.9. The Kier molecular flexibility index (Phi) is 3.38. The predicted octanol–water partition coefficient (Wildman–Crippen LogP) is 3.24. The molecular formula is C15H14ClN3. The van der Waals surface area contributed by atoms with Gasteiger partial charge in [-0.3, -0.25) is 4.98 Å². The van der Waals surface area contributed by atoms with E-state index in [9.17, 15) is 0 Å². The van der Waals surface area contributed by atoms with Crippen molar-refractivity contribution in [3.05, 3.63) is 65.6 Å². The molecule has 0 amide bonds. The number of nitrogens with zero attached hydrogens (tertiary/aromatic N) is 2. The van der Waals surface area contributed by atoms with Crippen molar-refractivity contribution in [3.63, 3.8) is 0 Å². The van der Waals surface area contributed by atoms with Gasteiger partial charge in [0.05, 0.1) is 12.4 Å². The highest BCUT2D eigenvalue weighted by atomic mass is 35.5. The zero-order chi connectivity index (χ0) is 13.1. The van der Waals surface area contributed by atoms with Gasteiger partial charge in [0.2, 0.25) is 0 Å². The van der Waals surface area contributed by atoms with Crippen LogP contribution in [0.3, 0.4) is 0 Å². The zero-order valence-corrected chi connectivity index (χ0v) is 11.1. The Morgan fingerprint density at radius 3 is 2.89 bits per heavy atom. The molecule has 1 aromatic heterocycles. The topological polar surface area (TPSA) is 28.2 Å². The van der Waals surface area contributed by atoms with Crippen molar-refractivity contribution < 1.29 is 0 Å². The van der Waals surface area contributed by atoms with Crippen LogP contribution in [0.4, 0.5) is 0 Å². The molecule has 0 aliphatic carbocycles. The van der Waals surface area contributed by atoms with Crippen LogP contribution in [-0.4, -0.2) is 16.6 Å². The van der Waals surface area contributed by atoms with E-state index in [1.54, 1.807) is 0 Å². The van der Waals surface area contributed by atoms with Crippen LogP contribution in [0.25, 0.3) is 11.3 Å². The Hall–Kier alpha value is -2.00. The van der Waals surface area contributed by atoms with Gasteiger partial charge in [-0.1, -0.05) is 29.8 Å². The van der Waals surface area contributed by atoms with E-state index in [1.165, 1.54) is 5.56 Å². The van der Waals surface area contributed by atoms with Crippen molar-refractivity contribution in [2.45, 2.75) is 6.54 Å². The van der Waals surface area contributed by atoms with E-state index in [-0.39, 0.29) is 0 Å². The SMILES string of the molecule is Clc1cccc(-c2ccc(CN3C=CNC3)cn2)c1. The predicted molar refractivity (Wildman–Crippen MR) is 77.4 cm³/mol. The van der Waals surface area contributed by atoms with Crippen molar-refractivity contribution in [3.8, 4) is 11.3 Å². The van der Waals surface area contributed by atoms with Gasteiger partial charge in [0.25, 0.3) is 0 Å². The number of aromatic nitrogens is 1. The summed E-state index contributed by atoms with van der Waals surface area (Å²) in [6.45, 7) is 1.72. The van der Waals surface area contributed by atoms with Crippen molar-refractivity contribution in [1.82, 2.24) is 15.2 Å². The van der Waals surface area contributed by atoms with Crippen LogP contribution in [0, 0.1) is 0 Å². The summed E-state index contributed by atoms with van der Waals surface area (Å²) < 4.78 is 0. The number of pyridine rings is 1. The smallest absolute Gasteiger partial charge is 0.0870 e. The Labute approximate surface area is 117 Å². The van der Waals surface area contributed by atoms with Crippen LogP contribution < -0.4 is 5.32 Å². The lowest BCUT2D eigenvalue weighted by Crippen LogP contribution is -2.19. The highest BCUT2D eigenvalue weighted by Crippen LogP contribution is 2.21. The van der Waals surface area contributed by atoms with Gasteiger partial charge < -0.3 is 10.2 Å². The molecule has 1 aliphatic rings. The molecule has 96 valence electrons. The van der Waals surface area contributed by atoms with Gasteiger partial charge in [0.1, 0.15) is 0 Å². The fourth-order valence-electron chi connectivity index (χ4n) is 2.06. The van der Waals surface area contributed by atoms with Crippen LogP contribution in [0.1, 0.15) is 5.56 Å². The summed E-state index contributed by atoms with van der Waals surface area (Å²) in [6.07, 6.45) is 5.92. The van der Waals surface area contributed by atoms with Crippen LogP contribution in [0.5, 0.6) is 0 Å². The minimum absolute atomic E-state index is 0.733. The minimum Gasteiger partial charge on any atom is -0.373 e. The molecule has 19 heavy (non-hydrogen) atoms. The third-order valence-corrected chi connectivity index (χ3v) is 3.26. The number of benzene rings is 1. The Morgan fingerprint density at radius 2 is 2.21 bits per heavy atom. The lowest BCUT2D eigenvalue weighted by atomic mass is 10.1. The van der Waals surface area contributed by atoms with Gasteiger partial charge >= 0.3 is 0 Å². The first-order chi connectivity index (χ1) is 9.31. The quantitative estimate of drug-likeness (QED) is 0.929. The molecule has 0 radical (unpaired) electrons. The maximum absolute atomic E-state index is 5.99. The second-order valence-electron chi connectivity index (χ2n) is 4.49. The van der Waals surface area contributed by atoms with E-state index < -0.39 is 0 Å². The van der Waals surface area contributed by atoms with Gasteiger partial charge in [-0.15, -0.1) is 0 Å². The van der Waals surface area contributed by atoms with Gasteiger partial charge in [-0.25, -0.2) is 0 Å². The summed E-state index contributed by atoms with van der Waals surface area (Å²) in [5, 5.41) is 3.88. The fourth-order valence-corrected chi connectivity index (χ4v) is 2.25. The van der Waals surface area contributed by atoms with Crippen molar-refractivity contribution in [2.24, 2.45) is 0 Å². The van der Waals surface area contributed by atoms with Gasteiger partial charge in [-0.2, -0.15) is 0 Å². The van der Waals surface area contributed by atoms with Crippen molar-refractivity contribution >= 4 is 11.6 Å². The van der Waals surface area contributed by atoms with Gasteiger partial charge in [-0.05, 0) is 23.8 Å². The first kappa shape index (κ1) is 12.1. The third-order valence-electron chi connectivity index (χ3n) is 3.03. The van der Waals surface area contributed by atoms with Crippen molar-refractivity contribution in [1.29, 1.82) is 0 Å².